The molecule has 0 radical (unpaired) electrons. The Morgan fingerprint density at radius 2 is 2.05 bits per heavy atom. The van der Waals surface area contributed by atoms with E-state index in [1.165, 1.54) is 55.8 Å². The van der Waals surface area contributed by atoms with Gasteiger partial charge in [0.05, 0.1) is 12.7 Å². The van der Waals surface area contributed by atoms with Crippen LogP contribution in [-0.2, 0) is 4.74 Å². The lowest BCUT2D eigenvalue weighted by molar-refractivity contribution is 0.0601. The zero-order valence-corrected chi connectivity index (χ0v) is 12.9. The lowest BCUT2D eigenvalue weighted by Gasteiger charge is -2.22. The van der Waals surface area contributed by atoms with Crippen LogP contribution < -0.4 is 5.59 Å². The summed E-state index contributed by atoms with van der Waals surface area (Å²) in [7, 11) is 2.43. The lowest BCUT2D eigenvalue weighted by atomic mass is 9.71. The van der Waals surface area contributed by atoms with Gasteiger partial charge in [-0.3, -0.25) is 0 Å². The first-order valence-corrected chi connectivity index (χ1v) is 7.97. The molecule has 1 saturated carbocycles. The first kappa shape index (κ1) is 14.2. The topological polar surface area (TPSA) is 42.1 Å². The van der Waals surface area contributed by atoms with Crippen LogP contribution in [-0.4, -0.2) is 25.3 Å². The molecule has 3 nitrogen and oxygen atoms in total. The molecule has 110 valence electrons. The van der Waals surface area contributed by atoms with E-state index in [1.807, 2.05) is 12.1 Å². The van der Waals surface area contributed by atoms with Crippen LogP contribution in [0.2, 0.25) is 6.82 Å². The van der Waals surface area contributed by atoms with Crippen molar-refractivity contribution in [3.63, 3.8) is 0 Å². The van der Waals surface area contributed by atoms with Crippen molar-refractivity contribution in [1.82, 2.24) is 4.98 Å². The number of rotatable bonds is 3. The molecular formula is C17H22BNO2. The fourth-order valence-corrected chi connectivity index (χ4v) is 3.66. The molecule has 1 aromatic heterocycles. The molecule has 4 heteroatoms. The molecule has 0 saturated heterocycles. The van der Waals surface area contributed by atoms with Gasteiger partial charge in [0.15, 0.2) is 7.28 Å². The van der Waals surface area contributed by atoms with Crippen molar-refractivity contribution in [1.29, 1.82) is 0 Å². The predicted octanol–water partition coefficient (Wildman–Crippen LogP) is 3.11. The Kier molecular flexibility index (Phi) is 4.04. The molecule has 0 atom stereocenters. The molecule has 0 bridgehead atoms. The van der Waals surface area contributed by atoms with Crippen LogP contribution in [0.25, 0.3) is 10.9 Å². The Hall–Kier alpha value is -1.71. The van der Waals surface area contributed by atoms with E-state index in [2.05, 4.69) is 17.9 Å². The van der Waals surface area contributed by atoms with E-state index in [1.54, 1.807) is 0 Å². The van der Waals surface area contributed by atoms with Crippen LogP contribution >= 0.6 is 0 Å². The van der Waals surface area contributed by atoms with Crippen LogP contribution in [0.3, 0.4) is 0 Å². The Balaban J connectivity index is 2.08. The molecule has 2 aromatic rings. The monoisotopic (exact) mass is 283 g/mol. The molecule has 21 heavy (non-hydrogen) atoms. The number of benzene rings is 1. The van der Waals surface area contributed by atoms with Gasteiger partial charge in [-0.1, -0.05) is 32.2 Å². The molecule has 0 amide bonds. The number of carbonyl (C=O) groups is 1. The van der Waals surface area contributed by atoms with Crippen molar-refractivity contribution >= 4 is 29.7 Å². The smallest absolute Gasteiger partial charge is 0.337 e. The van der Waals surface area contributed by atoms with E-state index in [0.717, 1.165) is 12.8 Å². The lowest BCUT2D eigenvalue weighted by Crippen LogP contribution is -2.20. The van der Waals surface area contributed by atoms with Crippen LogP contribution in [0.1, 0.15) is 53.9 Å². The largest absolute Gasteiger partial charge is 0.465 e. The van der Waals surface area contributed by atoms with Crippen molar-refractivity contribution in [2.45, 2.75) is 44.8 Å². The second-order valence-corrected chi connectivity index (χ2v) is 5.96. The highest BCUT2D eigenvalue weighted by atomic mass is 16.5. The van der Waals surface area contributed by atoms with Gasteiger partial charge in [-0.05, 0) is 42.0 Å². The summed E-state index contributed by atoms with van der Waals surface area (Å²) in [5, 5.41) is 1.28. The van der Waals surface area contributed by atoms with Gasteiger partial charge in [-0.25, -0.2) is 4.79 Å². The maximum Gasteiger partial charge on any atom is 0.337 e. The van der Waals surface area contributed by atoms with Crippen LogP contribution in [0, 0.1) is 0 Å². The van der Waals surface area contributed by atoms with E-state index in [-0.39, 0.29) is 5.97 Å². The number of nitrogens with one attached hydrogen (secondary N) is 1. The van der Waals surface area contributed by atoms with Crippen molar-refractivity contribution in [3.8, 4) is 0 Å². The fraction of sp³-hybridized carbons (Fsp3) is 0.471. The van der Waals surface area contributed by atoms with Crippen molar-refractivity contribution in [2.24, 2.45) is 0 Å². The minimum atomic E-state index is -0.274. The number of esters is 1. The highest BCUT2D eigenvalue weighted by Crippen LogP contribution is 2.35. The first-order valence-electron chi connectivity index (χ1n) is 7.97. The molecule has 1 heterocycles. The minimum absolute atomic E-state index is 0.274. The van der Waals surface area contributed by atoms with Crippen molar-refractivity contribution in [3.05, 3.63) is 29.3 Å². The summed E-state index contributed by atoms with van der Waals surface area (Å²) >= 11 is 0. The maximum atomic E-state index is 11.7. The second kappa shape index (κ2) is 5.96. The first-order chi connectivity index (χ1) is 10.2. The molecule has 3 rings (SSSR count). The fourth-order valence-electron chi connectivity index (χ4n) is 3.66. The number of aromatic amines is 1. The zero-order valence-electron chi connectivity index (χ0n) is 12.9. The summed E-state index contributed by atoms with van der Waals surface area (Å²) in [5.41, 5.74) is 4.50. The number of fused-ring (bicyclic) bond motifs is 1. The van der Waals surface area contributed by atoms with Gasteiger partial charge in [0.1, 0.15) is 0 Å². The van der Waals surface area contributed by atoms with E-state index in [9.17, 15) is 4.79 Å². The maximum absolute atomic E-state index is 11.7. The number of hydrogen-bond acceptors (Lipinski definition) is 2. The highest BCUT2D eigenvalue weighted by Gasteiger charge is 2.22. The summed E-state index contributed by atoms with van der Waals surface area (Å²) in [6, 6.07) is 5.89. The number of H-pyrrole nitrogens is 1. The molecule has 0 spiro atoms. The normalized spacial score (nSPS) is 16.1. The molecule has 1 aliphatic rings. The van der Waals surface area contributed by atoms with Crippen molar-refractivity contribution in [2.75, 3.05) is 7.11 Å². The van der Waals surface area contributed by atoms with Gasteiger partial charge in [-0.15, -0.1) is 0 Å². The SMILES string of the molecule is CBc1[nH]c2cc(C(=O)OC)ccc2c1C1CCCCC1. The van der Waals surface area contributed by atoms with Gasteiger partial charge in [-0.2, -0.15) is 0 Å². The third-order valence-corrected chi connectivity index (χ3v) is 4.71. The van der Waals surface area contributed by atoms with Gasteiger partial charge < -0.3 is 9.72 Å². The standard InChI is InChI=1S/C17H22BNO2/c1-18-16-15(11-6-4-3-5-7-11)13-9-8-12(17(20)21-2)10-14(13)19-16/h8-11,18-19H,3-7H2,1-2H3. The third-order valence-electron chi connectivity index (χ3n) is 4.71. The molecule has 1 fully saturated rings. The summed E-state index contributed by atoms with van der Waals surface area (Å²) in [6.07, 6.45) is 6.62. The zero-order chi connectivity index (χ0) is 14.8. The number of ether oxygens (including phenoxy) is 1. The Labute approximate surface area is 126 Å². The van der Waals surface area contributed by atoms with E-state index in [0.29, 0.717) is 11.5 Å². The molecule has 0 unspecified atom stereocenters. The van der Waals surface area contributed by atoms with E-state index in [4.69, 9.17) is 4.74 Å². The number of methoxy groups -OCH3 is 1. The molecular weight excluding hydrogens is 261 g/mol. The number of aromatic nitrogens is 1. The number of carbonyl (C=O) groups excluding carboxylic acids is 1. The van der Waals surface area contributed by atoms with Crippen LogP contribution in [0.15, 0.2) is 18.2 Å². The van der Waals surface area contributed by atoms with Gasteiger partial charge >= 0.3 is 5.97 Å². The van der Waals surface area contributed by atoms with Crippen LogP contribution in [0.5, 0.6) is 0 Å². The molecule has 0 aliphatic heterocycles. The molecule has 1 aromatic carbocycles. The second-order valence-electron chi connectivity index (χ2n) is 5.96. The minimum Gasteiger partial charge on any atom is -0.465 e. The summed E-state index contributed by atoms with van der Waals surface area (Å²) < 4.78 is 4.81. The van der Waals surface area contributed by atoms with Crippen LogP contribution in [0.4, 0.5) is 0 Å². The number of hydrogen-bond donors (Lipinski definition) is 1. The van der Waals surface area contributed by atoms with E-state index >= 15 is 0 Å². The molecule has 1 N–H and O–H groups in total. The summed E-state index contributed by atoms with van der Waals surface area (Å²) in [4.78, 5) is 15.2. The Morgan fingerprint density at radius 1 is 1.29 bits per heavy atom. The van der Waals surface area contributed by atoms with E-state index < -0.39 is 0 Å². The Bertz CT molecular complexity index is 656. The quantitative estimate of drug-likeness (QED) is 0.694. The average molecular weight is 283 g/mol. The van der Waals surface area contributed by atoms with Gasteiger partial charge in [0.2, 0.25) is 0 Å². The van der Waals surface area contributed by atoms with Gasteiger partial charge in [0.25, 0.3) is 0 Å². The van der Waals surface area contributed by atoms with Gasteiger partial charge in [0, 0.05) is 10.9 Å². The predicted molar refractivity (Wildman–Crippen MR) is 88.1 cm³/mol. The molecule has 1 aliphatic carbocycles. The summed E-state index contributed by atoms with van der Waals surface area (Å²) in [5.74, 6) is 0.398. The average Bonchev–Trinajstić information content (AvgIpc) is 2.92. The summed E-state index contributed by atoms with van der Waals surface area (Å²) in [6.45, 7) is 2.19. The Morgan fingerprint density at radius 3 is 2.71 bits per heavy atom. The highest BCUT2D eigenvalue weighted by molar-refractivity contribution is 6.52. The van der Waals surface area contributed by atoms with Crippen molar-refractivity contribution < 1.29 is 9.53 Å². The third kappa shape index (κ3) is 2.59.